The summed E-state index contributed by atoms with van der Waals surface area (Å²) < 4.78 is 1.90. The van der Waals surface area contributed by atoms with Gasteiger partial charge in [0.05, 0.1) is 5.69 Å². The third-order valence-corrected chi connectivity index (χ3v) is 2.63. The van der Waals surface area contributed by atoms with Gasteiger partial charge >= 0.3 is 0 Å². The number of hydrogen-bond donors (Lipinski definition) is 2. The Labute approximate surface area is 113 Å². The summed E-state index contributed by atoms with van der Waals surface area (Å²) in [6.45, 7) is 4.30. The van der Waals surface area contributed by atoms with Crippen LogP contribution in [0, 0.1) is 0 Å². The molecule has 1 aromatic carbocycles. The van der Waals surface area contributed by atoms with Crippen LogP contribution < -0.4 is 5.32 Å². The van der Waals surface area contributed by atoms with Crippen molar-refractivity contribution in [2.24, 2.45) is 0 Å². The molecule has 0 spiro atoms. The molecule has 2 rings (SSSR count). The second kappa shape index (κ2) is 7.03. The summed E-state index contributed by atoms with van der Waals surface area (Å²) >= 11 is 0. The highest BCUT2D eigenvalue weighted by atomic mass is 35.5. The van der Waals surface area contributed by atoms with E-state index < -0.39 is 0 Å². The molecule has 2 N–H and O–H groups in total. The van der Waals surface area contributed by atoms with Crippen molar-refractivity contribution >= 4 is 12.4 Å². The topological polar surface area (TPSA) is 50.1 Å². The van der Waals surface area contributed by atoms with Crippen molar-refractivity contribution in [2.45, 2.75) is 26.6 Å². The number of benzene rings is 1. The number of aryl methyl sites for hydroxylation is 1. The van der Waals surface area contributed by atoms with Gasteiger partial charge in [0.25, 0.3) is 0 Å². The summed E-state index contributed by atoms with van der Waals surface area (Å²) in [6, 6.07) is 9.35. The molecule has 4 nitrogen and oxygen atoms in total. The minimum absolute atomic E-state index is 0. The molecule has 1 aromatic heterocycles. The van der Waals surface area contributed by atoms with Crippen molar-refractivity contribution in [3.63, 3.8) is 0 Å². The maximum atomic E-state index is 9.59. The summed E-state index contributed by atoms with van der Waals surface area (Å²) in [5.41, 5.74) is 1.92. The fraction of sp³-hybridized carbons (Fsp3) is 0.308. The van der Waals surface area contributed by atoms with Gasteiger partial charge in [-0.2, -0.15) is 5.10 Å². The third kappa shape index (κ3) is 3.75. The average Bonchev–Trinajstić information content (AvgIpc) is 2.80. The van der Waals surface area contributed by atoms with Gasteiger partial charge in [0.2, 0.25) is 0 Å². The quantitative estimate of drug-likeness (QED) is 0.874. The second-order valence-electron chi connectivity index (χ2n) is 3.90. The first-order valence-corrected chi connectivity index (χ1v) is 5.79. The number of halogens is 1. The van der Waals surface area contributed by atoms with Crippen LogP contribution in [-0.4, -0.2) is 14.9 Å². The van der Waals surface area contributed by atoms with E-state index in [2.05, 4.69) is 17.3 Å². The third-order valence-electron chi connectivity index (χ3n) is 2.63. The molecular formula is C13H18ClN3O. The van der Waals surface area contributed by atoms with E-state index in [1.807, 2.05) is 35.1 Å². The Hall–Kier alpha value is -1.52. The molecular weight excluding hydrogens is 250 g/mol. The van der Waals surface area contributed by atoms with Crippen LogP contribution in [-0.2, 0) is 19.6 Å². The summed E-state index contributed by atoms with van der Waals surface area (Å²) in [4.78, 5) is 0. The normalized spacial score (nSPS) is 10.1. The van der Waals surface area contributed by atoms with Crippen LogP contribution in [0.4, 0.5) is 0 Å². The zero-order valence-corrected chi connectivity index (χ0v) is 11.2. The number of para-hydroxylation sites is 1. The molecule has 0 aliphatic carbocycles. The SMILES string of the molecule is CCn1ccc(CNCc2ccccc2O)n1.Cl. The van der Waals surface area contributed by atoms with Gasteiger partial charge in [0.1, 0.15) is 5.75 Å². The maximum Gasteiger partial charge on any atom is 0.120 e. The summed E-state index contributed by atoms with van der Waals surface area (Å²) in [7, 11) is 0. The fourth-order valence-corrected chi connectivity index (χ4v) is 1.66. The van der Waals surface area contributed by atoms with E-state index >= 15 is 0 Å². The highest BCUT2D eigenvalue weighted by Crippen LogP contribution is 2.14. The molecule has 98 valence electrons. The molecule has 0 amide bonds. The van der Waals surface area contributed by atoms with Gasteiger partial charge in [0, 0.05) is 31.4 Å². The Morgan fingerprint density at radius 1 is 1.22 bits per heavy atom. The van der Waals surface area contributed by atoms with Crippen molar-refractivity contribution < 1.29 is 5.11 Å². The van der Waals surface area contributed by atoms with E-state index in [-0.39, 0.29) is 12.4 Å². The highest BCUT2D eigenvalue weighted by molar-refractivity contribution is 5.85. The Morgan fingerprint density at radius 2 is 2.00 bits per heavy atom. The Bertz CT molecular complexity index is 485. The van der Waals surface area contributed by atoms with Gasteiger partial charge in [-0.05, 0) is 19.1 Å². The number of rotatable bonds is 5. The Balaban J connectivity index is 0.00000162. The molecule has 2 aromatic rings. The first kappa shape index (κ1) is 14.5. The molecule has 0 aliphatic heterocycles. The van der Waals surface area contributed by atoms with Crippen LogP contribution in [0.15, 0.2) is 36.5 Å². The molecule has 5 heteroatoms. The maximum absolute atomic E-state index is 9.59. The highest BCUT2D eigenvalue weighted by Gasteiger charge is 2.00. The monoisotopic (exact) mass is 267 g/mol. The van der Waals surface area contributed by atoms with Crippen molar-refractivity contribution in [2.75, 3.05) is 0 Å². The lowest BCUT2D eigenvalue weighted by atomic mass is 10.2. The molecule has 0 bridgehead atoms. The van der Waals surface area contributed by atoms with Crippen LogP contribution in [0.2, 0.25) is 0 Å². The van der Waals surface area contributed by atoms with Gasteiger partial charge in [-0.3, -0.25) is 4.68 Å². The molecule has 0 fully saturated rings. The predicted octanol–water partition coefficient (Wildman–Crippen LogP) is 2.32. The lowest BCUT2D eigenvalue weighted by Crippen LogP contribution is -2.13. The number of aromatic nitrogens is 2. The van der Waals surface area contributed by atoms with Gasteiger partial charge < -0.3 is 10.4 Å². The number of nitrogens with one attached hydrogen (secondary N) is 1. The van der Waals surface area contributed by atoms with Crippen molar-refractivity contribution in [1.82, 2.24) is 15.1 Å². The lowest BCUT2D eigenvalue weighted by Gasteiger charge is -2.05. The van der Waals surface area contributed by atoms with Gasteiger partial charge in [-0.15, -0.1) is 12.4 Å². The Kier molecular flexibility index (Phi) is 5.68. The van der Waals surface area contributed by atoms with E-state index in [1.165, 1.54) is 0 Å². The fourth-order valence-electron chi connectivity index (χ4n) is 1.66. The van der Waals surface area contributed by atoms with Crippen LogP contribution in [0.3, 0.4) is 0 Å². The molecule has 18 heavy (non-hydrogen) atoms. The number of hydrogen-bond acceptors (Lipinski definition) is 3. The number of aromatic hydroxyl groups is 1. The smallest absolute Gasteiger partial charge is 0.120 e. The molecule has 1 heterocycles. The standard InChI is InChI=1S/C13H17N3O.ClH/c1-2-16-8-7-12(15-16)10-14-9-11-5-3-4-6-13(11)17;/h3-8,14,17H,2,9-10H2,1H3;1H. The first-order chi connectivity index (χ1) is 8.29. The summed E-state index contributed by atoms with van der Waals surface area (Å²) in [5, 5.41) is 17.2. The number of nitrogens with zero attached hydrogens (tertiary/aromatic N) is 2. The molecule has 0 atom stereocenters. The van der Waals surface area contributed by atoms with Crippen molar-refractivity contribution in [3.8, 4) is 5.75 Å². The van der Waals surface area contributed by atoms with Gasteiger partial charge in [-0.1, -0.05) is 18.2 Å². The van der Waals surface area contributed by atoms with Crippen LogP contribution in [0.5, 0.6) is 5.75 Å². The molecule has 0 saturated heterocycles. The van der Waals surface area contributed by atoms with E-state index in [0.29, 0.717) is 18.8 Å². The average molecular weight is 268 g/mol. The molecule has 0 radical (unpaired) electrons. The second-order valence-corrected chi connectivity index (χ2v) is 3.90. The van der Waals surface area contributed by atoms with E-state index in [1.54, 1.807) is 6.07 Å². The number of phenolic OH excluding ortho intramolecular Hbond substituents is 1. The van der Waals surface area contributed by atoms with Gasteiger partial charge in [0.15, 0.2) is 0 Å². The van der Waals surface area contributed by atoms with Crippen molar-refractivity contribution in [1.29, 1.82) is 0 Å². The van der Waals surface area contributed by atoms with E-state index in [9.17, 15) is 5.11 Å². The summed E-state index contributed by atoms with van der Waals surface area (Å²) in [5.74, 6) is 0.332. The minimum atomic E-state index is 0. The van der Waals surface area contributed by atoms with Crippen LogP contribution >= 0.6 is 12.4 Å². The predicted molar refractivity (Wildman–Crippen MR) is 73.8 cm³/mol. The van der Waals surface area contributed by atoms with Crippen LogP contribution in [0.1, 0.15) is 18.2 Å². The van der Waals surface area contributed by atoms with E-state index in [4.69, 9.17) is 0 Å². The molecule has 0 unspecified atom stereocenters. The minimum Gasteiger partial charge on any atom is -0.508 e. The molecule has 0 saturated carbocycles. The van der Waals surface area contributed by atoms with Gasteiger partial charge in [-0.25, -0.2) is 0 Å². The first-order valence-electron chi connectivity index (χ1n) is 5.79. The zero-order chi connectivity index (χ0) is 12.1. The number of phenols is 1. The van der Waals surface area contributed by atoms with E-state index in [0.717, 1.165) is 17.8 Å². The van der Waals surface area contributed by atoms with Crippen molar-refractivity contribution in [3.05, 3.63) is 47.8 Å². The zero-order valence-electron chi connectivity index (χ0n) is 10.3. The largest absolute Gasteiger partial charge is 0.508 e. The molecule has 0 aliphatic rings. The lowest BCUT2D eigenvalue weighted by molar-refractivity contribution is 0.464. The Morgan fingerprint density at radius 3 is 2.67 bits per heavy atom. The van der Waals surface area contributed by atoms with Crippen LogP contribution in [0.25, 0.3) is 0 Å². The summed E-state index contributed by atoms with van der Waals surface area (Å²) in [6.07, 6.45) is 1.97.